The molecule has 3 atom stereocenters. The Morgan fingerprint density at radius 2 is 2.28 bits per heavy atom. The number of nitrogens with one attached hydrogen (secondary N) is 1. The van der Waals surface area contributed by atoms with Gasteiger partial charge in [0, 0.05) is 19.7 Å². The summed E-state index contributed by atoms with van der Waals surface area (Å²) in [7, 11) is 1.81. The van der Waals surface area contributed by atoms with Crippen LogP contribution in [-0.2, 0) is 4.74 Å². The van der Waals surface area contributed by atoms with Crippen molar-refractivity contribution >= 4 is 0 Å². The molecule has 0 saturated carbocycles. The van der Waals surface area contributed by atoms with Crippen molar-refractivity contribution in [2.24, 2.45) is 5.92 Å². The summed E-state index contributed by atoms with van der Waals surface area (Å²) in [4.78, 5) is 2.46. The van der Waals surface area contributed by atoms with Gasteiger partial charge >= 0.3 is 0 Å². The van der Waals surface area contributed by atoms with Crippen LogP contribution in [0, 0.1) is 5.92 Å². The molecule has 0 aromatic rings. The summed E-state index contributed by atoms with van der Waals surface area (Å²) in [6.07, 6.45) is 3.71. The average molecular weight is 258 g/mol. The number of aliphatic hydroxyl groups excluding tert-OH is 1. The Bertz CT molecular complexity index is 214. The summed E-state index contributed by atoms with van der Waals surface area (Å²) < 4.78 is 5.53. The lowest BCUT2D eigenvalue weighted by molar-refractivity contribution is -0.00624. The molecular formula is C14H30N2O2. The molecule has 0 aromatic heterocycles. The predicted molar refractivity (Wildman–Crippen MR) is 74.8 cm³/mol. The van der Waals surface area contributed by atoms with Crippen molar-refractivity contribution in [1.82, 2.24) is 10.2 Å². The van der Waals surface area contributed by atoms with E-state index in [1.165, 1.54) is 6.42 Å². The second-order valence-electron chi connectivity index (χ2n) is 5.46. The minimum Gasteiger partial charge on any atom is -0.395 e. The van der Waals surface area contributed by atoms with E-state index in [1.807, 2.05) is 7.11 Å². The van der Waals surface area contributed by atoms with Gasteiger partial charge in [0.2, 0.25) is 0 Å². The van der Waals surface area contributed by atoms with Crippen LogP contribution in [0.25, 0.3) is 0 Å². The fraction of sp³-hybridized carbons (Fsp3) is 1.00. The van der Waals surface area contributed by atoms with Crippen LogP contribution in [0.15, 0.2) is 0 Å². The van der Waals surface area contributed by atoms with E-state index in [9.17, 15) is 5.11 Å². The highest BCUT2D eigenvalue weighted by atomic mass is 16.5. The molecule has 4 nitrogen and oxygen atoms in total. The van der Waals surface area contributed by atoms with Gasteiger partial charge in [-0.15, -0.1) is 0 Å². The minimum absolute atomic E-state index is 0.234. The van der Waals surface area contributed by atoms with Crippen LogP contribution >= 0.6 is 0 Å². The number of aliphatic hydroxyl groups is 1. The maximum atomic E-state index is 9.32. The monoisotopic (exact) mass is 258 g/mol. The third kappa shape index (κ3) is 5.22. The zero-order chi connectivity index (χ0) is 13.4. The summed E-state index contributed by atoms with van der Waals surface area (Å²) in [5.74, 6) is 0.665. The summed E-state index contributed by atoms with van der Waals surface area (Å²) in [5.41, 5.74) is 0. The molecule has 1 heterocycles. The first-order valence-electron chi connectivity index (χ1n) is 7.30. The largest absolute Gasteiger partial charge is 0.395 e. The van der Waals surface area contributed by atoms with Crippen LogP contribution < -0.4 is 5.32 Å². The lowest BCUT2D eigenvalue weighted by Gasteiger charge is -2.36. The Morgan fingerprint density at radius 3 is 2.89 bits per heavy atom. The maximum Gasteiger partial charge on any atom is 0.0724 e. The van der Waals surface area contributed by atoms with Gasteiger partial charge in [0.25, 0.3) is 0 Å². The Hall–Kier alpha value is -0.160. The summed E-state index contributed by atoms with van der Waals surface area (Å²) >= 11 is 0. The summed E-state index contributed by atoms with van der Waals surface area (Å²) in [6.45, 7) is 8.88. The molecule has 0 aliphatic carbocycles. The first kappa shape index (κ1) is 15.9. The summed E-state index contributed by atoms with van der Waals surface area (Å²) in [6, 6.07) is 0.241. The van der Waals surface area contributed by atoms with Crippen LogP contribution in [0.2, 0.25) is 0 Å². The van der Waals surface area contributed by atoms with Crippen molar-refractivity contribution in [3.8, 4) is 0 Å². The van der Waals surface area contributed by atoms with Crippen molar-refractivity contribution in [2.75, 3.05) is 39.9 Å². The van der Waals surface area contributed by atoms with E-state index in [4.69, 9.17) is 4.74 Å². The van der Waals surface area contributed by atoms with Crippen LogP contribution in [0.5, 0.6) is 0 Å². The molecule has 1 rings (SSSR count). The lowest BCUT2D eigenvalue weighted by Crippen LogP contribution is -2.45. The van der Waals surface area contributed by atoms with E-state index in [0.717, 1.165) is 39.0 Å². The third-order valence-electron chi connectivity index (χ3n) is 3.97. The van der Waals surface area contributed by atoms with Gasteiger partial charge in [-0.05, 0) is 44.8 Å². The summed E-state index contributed by atoms with van der Waals surface area (Å²) in [5, 5.41) is 12.7. The molecule has 18 heavy (non-hydrogen) atoms. The lowest BCUT2D eigenvalue weighted by atomic mass is 9.95. The van der Waals surface area contributed by atoms with E-state index in [2.05, 4.69) is 24.1 Å². The van der Waals surface area contributed by atoms with Gasteiger partial charge < -0.3 is 20.1 Å². The molecule has 0 aromatic carbocycles. The van der Waals surface area contributed by atoms with Crippen molar-refractivity contribution < 1.29 is 9.84 Å². The number of rotatable bonds is 8. The molecule has 108 valence electrons. The fourth-order valence-corrected chi connectivity index (χ4v) is 2.55. The Morgan fingerprint density at radius 1 is 1.50 bits per heavy atom. The second kappa shape index (κ2) is 8.86. The molecule has 1 saturated heterocycles. The van der Waals surface area contributed by atoms with Crippen LogP contribution in [-0.4, -0.2) is 62.0 Å². The molecule has 1 aliphatic rings. The van der Waals surface area contributed by atoms with Gasteiger partial charge in [0.05, 0.1) is 12.7 Å². The zero-order valence-corrected chi connectivity index (χ0v) is 12.2. The Labute approximate surface area is 112 Å². The fourth-order valence-electron chi connectivity index (χ4n) is 2.55. The number of likely N-dealkylation sites (tertiary alicyclic amines) is 1. The van der Waals surface area contributed by atoms with Crippen molar-refractivity contribution in [1.29, 1.82) is 0 Å². The van der Waals surface area contributed by atoms with Gasteiger partial charge in [0.1, 0.15) is 0 Å². The van der Waals surface area contributed by atoms with Crippen LogP contribution in [0.1, 0.15) is 33.1 Å². The highest BCUT2D eigenvalue weighted by Gasteiger charge is 2.25. The van der Waals surface area contributed by atoms with E-state index in [0.29, 0.717) is 12.0 Å². The van der Waals surface area contributed by atoms with E-state index < -0.39 is 0 Å². The van der Waals surface area contributed by atoms with Crippen LogP contribution in [0.3, 0.4) is 0 Å². The Kier molecular flexibility index (Phi) is 7.82. The number of hydrogen-bond donors (Lipinski definition) is 2. The van der Waals surface area contributed by atoms with Gasteiger partial charge in [-0.2, -0.15) is 0 Å². The topological polar surface area (TPSA) is 44.7 Å². The smallest absolute Gasteiger partial charge is 0.0724 e. The molecule has 3 unspecified atom stereocenters. The van der Waals surface area contributed by atoms with Gasteiger partial charge in [-0.25, -0.2) is 0 Å². The minimum atomic E-state index is 0.234. The third-order valence-corrected chi connectivity index (χ3v) is 3.97. The molecular weight excluding hydrogens is 228 g/mol. The number of hydrogen-bond acceptors (Lipinski definition) is 4. The molecule has 1 aliphatic heterocycles. The molecule has 0 amide bonds. The van der Waals surface area contributed by atoms with E-state index in [1.54, 1.807) is 0 Å². The predicted octanol–water partition coefficient (Wildman–Crippen LogP) is 1.09. The average Bonchev–Trinajstić information content (AvgIpc) is 2.40. The Balaban J connectivity index is 2.25. The normalized spacial score (nSPS) is 27.3. The quantitative estimate of drug-likeness (QED) is 0.684. The van der Waals surface area contributed by atoms with E-state index in [-0.39, 0.29) is 12.6 Å². The number of nitrogens with zero attached hydrogens (tertiary/aromatic N) is 1. The van der Waals surface area contributed by atoms with Crippen molar-refractivity contribution in [3.05, 3.63) is 0 Å². The first-order chi connectivity index (χ1) is 8.71. The van der Waals surface area contributed by atoms with Crippen molar-refractivity contribution in [3.63, 3.8) is 0 Å². The number of ether oxygens (including phenoxy) is 1. The number of methoxy groups -OCH3 is 1. The van der Waals surface area contributed by atoms with Crippen molar-refractivity contribution in [2.45, 2.75) is 45.3 Å². The SMILES string of the molecule is CCCNC(CO)CCN1CCC(C)C(OC)C1. The molecule has 1 fully saturated rings. The molecule has 0 bridgehead atoms. The molecule has 4 heteroatoms. The first-order valence-corrected chi connectivity index (χ1v) is 7.30. The maximum absolute atomic E-state index is 9.32. The van der Waals surface area contributed by atoms with Crippen LogP contribution in [0.4, 0.5) is 0 Å². The van der Waals surface area contributed by atoms with Gasteiger partial charge in [-0.3, -0.25) is 0 Å². The molecule has 0 spiro atoms. The second-order valence-corrected chi connectivity index (χ2v) is 5.46. The van der Waals surface area contributed by atoms with Gasteiger partial charge in [-0.1, -0.05) is 13.8 Å². The molecule has 2 N–H and O–H groups in total. The van der Waals surface area contributed by atoms with E-state index >= 15 is 0 Å². The molecule has 0 radical (unpaired) electrons. The highest BCUT2D eigenvalue weighted by Crippen LogP contribution is 2.19. The highest BCUT2D eigenvalue weighted by molar-refractivity contribution is 4.79. The standard InChI is InChI=1S/C14H30N2O2/c1-4-7-15-13(11-17)6-9-16-8-5-12(2)14(10-16)18-3/h12-15,17H,4-11H2,1-3H3. The van der Waals surface area contributed by atoms with Gasteiger partial charge in [0.15, 0.2) is 0 Å². The number of piperidine rings is 1. The zero-order valence-electron chi connectivity index (χ0n) is 12.2.